The molecule has 0 atom stereocenters. The van der Waals surface area contributed by atoms with Crippen molar-refractivity contribution in [2.24, 2.45) is 10.7 Å². The van der Waals surface area contributed by atoms with Crippen molar-refractivity contribution in [1.82, 2.24) is 5.32 Å². The number of anilines is 1. The Bertz CT molecular complexity index is 522. The second kappa shape index (κ2) is 9.02. The van der Waals surface area contributed by atoms with Gasteiger partial charge in [0, 0.05) is 30.2 Å². The molecule has 2 rings (SSSR count). The molecule has 4 nitrogen and oxygen atoms in total. The third-order valence-electron chi connectivity index (χ3n) is 2.98. The molecule has 0 aliphatic carbocycles. The molecule has 0 spiro atoms. The van der Waals surface area contributed by atoms with Crippen LogP contribution < -0.4 is 16.4 Å². The Kier molecular flexibility index (Phi) is 6.61. The molecular weight excluding hydrogens is 280 g/mol. The number of benzene rings is 1. The highest BCUT2D eigenvalue weighted by Crippen LogP contribution is 2.08. The average molecular weight is 302 g/mol. The fourth-order valence-corrected chi connectivity index (χ4v) is 2.60. The van der Waals surface area contributed by atoms with E-state index in [-0.39, 0.29) is 0 Å². The first-order valence-corrected chi connectivity index (χ1v) is 8.07. The average Bonchev–Trinajstić information content (AvgIpc) is 3.01. The second-order valence-corrected chi connectivity index (χ2v) is 5.70. The zero-order valence-corrected chi connectivity index (χ0v) is 12.9. The molecule has 0 radical (unpaired) electrons. The van der Waals surface area contributed by atoms with E-state index in [1.54, 1.807) is 11.3 Å². The molecule has 1 aromatic carbocycles. The van der Waals surface area contributed by atoms with Gasteiger partial charge in [-0.05, 0) is 36.4 Å². The van der Waals surface area contributed by atoms with Crippen molar-refractivity contribution in [1.29, 1.82) is 0 Å². The lowest BCUT2D eigenvalue weighted by atomic mass is 10.3. The maximum Gasteiger partial charge on any atom is 0.188 e. The Labute approximate surface area is 130 Å². The topological polar surface area (TPSA) is 62.4 Å². The lowest BCUT2D eigenvalue weighted by Gasteiger charge is -2.06. The van der Waals surface area contributed by atoms with Crippen LogP contribution >= 0.6 is 11.3 Å². The Balaban J connectivity index is 1.54. The number of nitrogens with zero attached hydrogens (tertiary/aromatic N) is 1. The molecule has 4 N–H and O–H groups in total. The normalized spacial score (nSPS) is 11.3. The summed E-state index contributed by atoms with van der Waals surface area (Å²) in [6.07, 6.45) is 1.95. The molecule has 0 aliphatic heterocycles. The smallest absolute Gasteiger partial charge is 0.188 e. The first kappa shape index (κ1) is 15.4. The second-order valence-electron chi connectivity index (χ2n) is 4.67. The predicted molar refractivity (Wildman–Crippen MR) is 92.1 cm³/mol. The van der Waals surface area contributed by atoms with E-state index in [4.69, 9.17) is 5.73 Å². The molecule has 0 amide bonds. The molecule has 5 heteroatoms. The number of nitrogens with one attached hydrogen (secondary N) is 2. The van der Waals surface area contributed by atoms with Gasteiger partial charge >= 0.3 is 0 Å². The molecule has 2 aromatic rings. The van der Waals surface area contributed by atoms with E-state index in [1.165, 1.54) is 4.88 Å². The molecule has 1 heterocycles. The van der Waals surface area contributed by atoms with E-state index < -0.39 is 0 Å². The molecule has 21 heavy (non-hydrogen) atoms. The van der Waals surface area contributed by atoms with Crippen molar-refractivity contribution in [3.63, 3.8) is 0 Å². The molecule has 0 saturated carbocycles. The standard InChI is InChI=1S/C16H22N4S/c17-16(20-12-9-15-8-4-13-21-15)19-11-5-10-18-14-6-2-1-3-7-14/h1-4,6-8,13,18H,5,9-12H2,(H3,17,19,20). The van der Waals surface area contributed by atoms with Crippen LogP contribution in [0.15, 0.2) is 52.8 Å². The van der Waals surface area contributed by atoms with Crippen LogP contribution in [-0.2, 0) is 6.42 Å². The van der Waals surface area contributed by atoms with Crippen LogP contribution in [0.4, 0.5) is 5.69 Å². The highest BCUT2D eigenvalue weighted by molar-refractivity contribution is 7.09. The third kappa shape index (κ3) is 6.31. The van der Waals surface area contributed by atoms with Crippen LogP contribution in [-0.4, -0.2) is 25.6 Å². The van der Waals surface area contributed by atoms with Crippen LogP contribution in [0.3, 0.4) is 0 Å². The first-order valence-electron chi connectivity index (χ1n) is 7.20. The van der Waals surface area contributed by atoms with Crippen LogP contribution in [0.2, 0.25) is 0 Å². The fourth-order valence-electron chi connectivity index (χ4n) is 1.89. The highest BCUT2D eigenvalue weighted by atomic mass is 32.1. The minimum atomic E-state index is 0.534. The van der Waals surface area contributed by atoms with Crippen molar-refractivity contribution in [3.8, 4) is 0 Å². The zero-order chi connectivity index (χ0) is 14.8. The zero-order valence-electron chi connectivity index (χ0n) is 12.1. The number of nitrogens with two attached hydrogens (primary N) is 1. The van der Waals surface area contributed by atoms with Crippen molar-refractivity contribution in [2.75, 3.05) is 25.0 Å². The van der Waals surface area contributed by atoms with Crippen LogP contribution in [0.1, 0.15) is 11.3 Å². The molecule has 0 fully saturated rings. The lowest BCUT2D eigenvalue weighted by Crippen LogP contribution is -2.33. The number of thiophene rings is 1. The van der Waals surface area contributed by atoms with Crippen LogP contribution in [0.5, 0.6) is 0 Å². The number of aliphatic imine (C=N–C) groups is 1. The van der Waals surface area contributed by atoms with Gasteiger partial charge in [-0.1, -0.05) is 24.3 Å². The Morgan fingerprint density at radius 1 is 1.10 bits per heavy atom. The summed E-state index contributed by atoms with van der Waals surface area (Å²) in [5, 5.41) is 8.58. The van der Waals surface area contributed by atoms with Gasteiger partial charge in [-0.25, -0.2) is 0 Å². The van der Waals surface area contributed by atoms with Gasteiger partial charge in [0.25, 0.3) is 0 Å². The largest absolute Gasteiger partial charge is 0.385 e. The van der Waals surface area contributed by atoms with Gasteiger partial charge in [0.1, 0.15) is 0 Å². The van der Waals surface area contributed by atoms with E-state index >= 15 is 0 Å². The lowest BCUT2D eigenvalue weighted by molar-refractivity contribution is 0.832. The number of rotatable bonds is 8. The molecule has 0 unspecified atom stereocenters. The van der Waals surface area contributed by atoms with Crippen LogP contribution in [0, 0.1) is 0 Å². The maximum absolute atomic E-state index is 5.83. The van der Waals surface area contributed by atoms with Crippen LogP contribution in [0.25, 0.3) is 0 Å². The van der Waals surface area contributed by atoms with Gasteiger partial charge in [-0.15, -0.1) is 11.3 Å². The summed E-state index contributed by atoms with van der Waals surface area (Å²) in [4.78, 5) is 5.68. The molecule has 0 aliphatic rings. The summed E-state index contributed by atoms with van der Waals surface area (Å²) in [6.45, 7) is 2.46. The molecule has 1 aromatic heterocycles. The summed E-state index contributed by atoms with van der Waals surface area (Å²) in [5.74, 6) is 0.534. The Morgan fingerprint density at radius 2 is 1.95 bits per heavy atom. The van der Waals surface area contributed by atoms with Crippen molar-refractivity contribution in [2.45, 2.75) is 12.8 Å². The van der Waals surface area contributed by atoms with Gasteiger partial charge in [-0.3, -0.25) is 4.99 Å². The summed E-state index contributed by atoms with van der Waals surface area (Å²) >= 11 is 1.77. The van der Waals surface area contributed by atoms with Crippen molar-refractivity contribution >= 4 is 23.0 Å². The predicted octanol–water partition coefficient (Wildman–Crippen LogP) is 2.70. The monoisotopic (exact) mass is 302 g/mol. The van der Waals surface area contributed by atoms with Gasteiger partial charge in [0.05, 0.1) is 0 Å². The maximum atomic E-state index is 5.83. The third-order valence-corrected chi connectivity index (χ3v) is 3.91. The molecular formula is C16H22N4S. The van der Waals surface area contributed by atoms with E-state index in [1.807, 2.05) is 18.2 Å². The first-order chi connectivity index (χ1) is 10.3. The highest BCUT2D eigenvalue weighted by Gasteiger charge is 1.95. The summed E-state index contributed by atoms with van der Waals surface area (Å²) in [5.41, 5.74) is 6.97. The number of para-hydroxylation sites is 1. The van der Waals surface area contributed by atoms with Gasteiger partial charge < -0.3 is 16.4 Å². The minimum absolute atomic E-state index is 0.534. The van der Waals surface area contributed by atoms with Crippen molar-refractivity contribution < 1.29 is 0 Å². The fraction of sp³-hybridized carbons (Fsp3) is 0.312. The Morgan fingerprint density at radius 3 is 2.71 bits per heavy atom. The van der Waals surface area contributed by atoms with Gasteiger partial charge in [0.2, 0.25) is 0 Å². The number of guanidine groups is 1. The van der Waals surface area contributed by atoms with E-state index in [0.29, 0.717) is 5.96 Å². The van der Waals surface area contributed by atoms with E-state index in [2.05, 4.69) is 45.3 Å². The SMILES string of the molecule is NC(=NCCCNc1ccccc1)NCCc1cccs1. The quantitative estimate of drug-likeness (QED) is 0.399. The van der Waals surface area contributed by atoms with Crippen molar-refractivity contribution in [3.05, 3.63) is 52.7 Å². The number of hydrogen-bond donors (Lipinski definition) is 3. The summed E-state index contributed by atoms with van der Waals surface area (Å²) in [6, 6.07) is 14.4. The van der Waals surface area contributed by atoms with E-state index in [9.17, 15) is 0 Å². The summed E-state index contributed by atoms with van der Waals surface area (Å²) in [7, 11) is 0. The van der Waals surface area contributed by atoms with Gasteiger partial charge in [0.15, 0.2) is 5.96 Å². The van der Waals surface area contributed by atoms with Gasteiger partial charge in [-0.2, -0.15) is 0 Å². The van der Waals surface area contributed by atoms with E-state index in [0.717, 1.165) is 38.2 Å². The molecule has 0 saturated heterocycles. The number of hydrogen-bond acceptors (Lipinski definition) is 3. The summed E-state index contributed by atoms with van der Waals surface area (Å²) < 4.78 is 0. The minimum Gasteiger partial charge on any atom is -0.385 e. The Hall–Kier alpha value is -2.01. The molecule has 112 valence electrons. The molecule has 0 bridgehead atoms.